The second-order valence-electron chi connectivity index (χ2n) is 4.84. The summed E-state index contributed by atoms with van der Waals surface area (Å²) in [5.74, 6) is -1.73. The molecule has 2 heterocycles. The predicted molar refractivity (Wildman–Crippen MR) is 84.5 cm³/mol. The first-order chi connectivity index (χ1) is 11.0. The fraction of sp³-hybridized carbons (Fsp3) is 0.133. The van der Waals surface area contributed by atoms with Crippen LogP contribution < -0.4 is 5.73 Å². The van der Waals surface area contributed by atoms with Crippen molar-refractivity contribution in [3.8, 4) is 0 Å². The van der Waals surface area contributed by atoms with Gasteiger partial charge in [0.15, 0.2) is 0 Å². The van der Waals surface area contributed by atoms with E-state index >= 15 is 0 Å². The summed E-state index contributed by atoms with van der Waals surface area (Å²) in [4.78, 5) is 12.9. The van der Waals surface area contributed by atoms with Crippen LogP contribution in [0.2, 0.25) is 0 Å². The summed E-state index contributed by atoms with van der Waals surface area (Å²) in [6, 6.07) is 12.0. The molecule has 0 spiro atoms. The van der Waals surface area contributed by atoms with Gasteiger partial charge in [-0.05, 0) is 17.0 Å². The van der Waals surface area contributed by atoms with E-state index in [1.54, 1.807) is 47.8 Å². The Morgan fingerprint density at radius 3 is 2.57 bits per heavy atom. The Morgan fingerprint density at radius 2 is 1.91 bits per heavy atom. The van der Waals surface area contributed by atoms with E-state index in [2.05, 4.69) is 0 Å². The van der Waals surface area contributed by atoms with Crippen molar-refractivity contribution in [1.29, 1.82) is 0 Å². The highest BCUT2D eigenvalue weighted by Crippen LogP contribution is 2.34. The molecular formula is C15H13NO5S2. The normalized spacial score (nSPS) is 18.1. The van der Waals surface area contributed by atoms with Gasteiger partial charge < -0.3 is 14.7 Å². The zero-order chi connectivity index (χ0) is 16.4. The number of benzene rings is 1. The predicted octanol–water partition coefficient (Wildman–Crippen LogP) is 2.06. The Bertz CT molecular complexity index is 841. The number of ketones is 1. The lowest BCUT2D eigenvalue weighted by Gasteiger charge is -2.07. The summed E-state index contributed by atoms with van der Waals surface area (Å²) in [5.41, 5.74) is 6.17. The largest absolute Gasteiger partial charge is 0.459 e. The van der Waals surface area contributed by atoms with E-state index in [0.717, 1.165) is 0 Å². The third-order valence-corrected chi connectivity index (χ3v) is 5.15. The first kappa shape index (κ1) is 15.6. The van der Waals surface area contributed by atoms with E-state index in [9.17, 15) is 13.2 Å². The molecule has 0 saturated carbocycles. The minimum atomic E-state index is -4.01. The average Bonchev–Trinajstić information content (AvgIpc) is 3.11. The van der Waals surface area contributed by atoms with Crippen molar-refractivity contribution in [2.24, 2.45) is 5.73 Å². The van der Waals surface area contributed by atoms with Crippen LogP contribution in [0.15, 0.2) is 59.5 Å². The second kappa shape index (κ2) is 6.05. The third-order valence-electron chi connectivity index (χ3n) is 3.13. The van der Waals surface area contributed by atoms with Gasteiger partial charge in [0.2, 0.25) is 17.7 Å². The van der Waals surface area contributed by atoms with Crippen LogP contribution in [-0.4, -0.2) is 14.2 Å². The van der Waals surface area contributed by atoms with Crippen LogP contribution in [0, 0.1) is 0 Å². The molecule has 2 N–H and O–H groups in total. The van der Waals surface area contributed by atoms with Gasteiger partial charge >= 0.3 is 10.1 Å². The zero-order valence-electron chi connectivity index (χ0n) is 11.8. The van der Waals surface area contributed by atoms with Crippen molar-refractivity contribution in [3.63, 3.8) is 0 Å². The molecule has 8 heteroatoms. The SMILES string of the molecule is NC1=C(OS(=O)(=O)Cc2ccccc2)C(=O)C(c2cccs2)O1. The molecule has 3 rings (SSSR count). The Labute approximate surface area is 137 Å². The molecule has 23 heavy (non-hydrogen) atoms. The molecule has 2 aromatic rings. The molecule has 1 aliphatic rings. The van der Waals surface area contributed by atoms with Gasteiger partial charge in [0.05, 0.1) is 4.88 Å². The molecule has 0 fully saturated rings. The third kappa shape index (κ3) is 3.38. The van der Waals surface area contributed by atoms with E-state index < -0.39 is 27.8 Å². The van der Waals surface area contributed by atoms with Crippen LogP contribution >= 0.6 is 11.3 Å². The van der Waals surface area contributed by atoms with Crippen molar-refractivity contribution in [2.75, 3.05) is 0 Å². The maximum Gasteiger partial charge on any atom is 0.313 e. The number of rotatable bonds is 5. The molecule has 1 aliphatic heterocycles. The maximum absolute atomic E-state index is 12.3. The molecular weight excluding hydrogens is 338 g/mol. The summed E-state index contributed by atoms with van der Waals surface area (Å²) in [6.45, 7) is 0. The molecule has 1 aromatic carbocycles. The van der Waals surface area contributed by atoms with Gasteiger partial charge in [0.25, 0.3) is 5.78 Å². The maximum atomic E-state index is 12.3. The monoisotopic (exact) mass is 351 g/mol. The Kier molecular flexibility index (Phi) is 4.10. The van der Waals surface area contributed by atoms with Crippen molar-refractivity contribution in [1.82, 2.24) is 0 Å². The van der Waals surface area contributed by atoms with Crippen molar-refractivity contribution in [2.45, 2.75) is 11.9 Å². The lowest BCUT2D eigenvalue weighted by molar-refractivity contribution is -0.122. The van der Waals surface area contributed by atoms with Gasteiger partial charge in [-0.15, -0.1) is 11.3 Å². The van der Waals surface area contributed by atoms with E-state index in [-0.39, 0.29) is 11.6 Å². The molecule has 1 atom stereocenters. The van der Waals surface area contributed by atoms with Gasteiger partial charge in [-0.25, -0.2) is 0 Å². The number of Topliss-reactive ketones (excluding diaryl/α,β-unsaturated/α-hetero) is 1. The summed E-state index contributed by atoms with van der Waals surface area (Å²) < 4.78 is 34.4. The molecule has 120 valence electrons. The molecule has 0 aliphatic carbocycles. The summed E-state index contributed by atoms with van der Waals surface area (Å²) in [7, 11) is -4.01. The minimum absolute atomic E-state index is 0.315. The quantitative estimate of drug-likeness (QED) is 0.829. The molecule has 1 aromatic heterocycles. The van der Waals surface area contributed by atoms with E-state index in [0.29, 0.717) is 10.4 Å². The zero-order valence-corrected chi connectivity index (χ0v) is 13.5. The highest BCUT2D eigenvalue weighted by molar-refractivity contribution is 7.86. The van der Waals surface area contributed by atoms with Crippen LogP contribution in [-0.2, 0) is 29.6 Å². The summed E-state index contributed by atoms with van der Waals surface area (Å²) >= 11 is 1.32. The fourth-order valence-electron chi connectivity index (χ4n) is 2.12. The summed E-state index contributed by atoms with van der Waals surface area (Å²) in [5, 5.41) is 1.78. The first-order valence-corrected chi connectivity index (χ1v) is 9.12. The Balaban J connectivity index is 1.77. The number of hydrogen-bond acceptors (Lipinski definition) is 7. The lowest BCUT2D eigenvalue weighted by atomic mass is 10.2. The van der Waals surface area contributed by atoms with E-state index in [4.69, 9.17) is 14.7 Å². The highest BCUT2D eigenvalue weighted by Gasteiger charge is 2.39. The van der Waals surface area contributed by atoms with Crippen LogP contribution in [0.25, 0.3) is 0 Å². The number of ether oxygens (including phenoxy) is 1. The van der Waals surface area contributed by atoms with Crippen LogP contribution in [0.5, 0.6) is 0 Å². The van der Waals surface area contributed by atoms with Crippen molar-refractivity contribution >= 4 is 27.2 Å². The van der Waals surface area contributed by atoms with Crippen molar-refractivity contribution < 1.29 is 22.1 Å². The number of hydrogen-bond donors (Lipinski definition) is 1. The van der Waals surface area contributed by atoms with Crippen LogP contribution in [0.4, 0.5) is 0 Å². The van der Waals surface area contributed by atoms with Gasteiger partial charge in [-0.2, -0.15) is 8.42 Å². The molecule has 0 amide bonds. The number of nitrogens with two attached hydrogens (primary N) is 1. The van der Waals surface area contributed by atoms with E-state index in [1.165, 1.54) is 11.3 Å². The Hall–Kier alpha value is -2.32. The standard InChI is InChI=1S/C15H13NO5S2/c16-15-14(12(17)13(20-15)11-7-4-8-22-11)21-23(18,19)9-10-5-2-1-3-6-10/h1-8,13H,9,16H2. The Morgan fingerprint density at radius 1 is 1.17 bits per heavy atom. The van der Waals surface area contributed by atoms with Gasteiger partial charge in [-0.3, -0.25) is 4.79 Å². The number of thiophene rings is 1. The highest BCUT2D eigenvalue weighted by atomic mass is 32.2. The lowest BCUT2D eigenvalue weighted by Crippen LogP contribution is -2.16. The summed E-state index contributed by atoms with van der Waals surface area (Å²) in [6.07, 6.45) is -0.947. The minimum Gasteiger partial charge on any atom is -0.459 e. The molecule has 0 saturated heterocycles. The molecule has 0 radical (unpaired) electrons. The van der Waals surface area contributed by atoms with Gasteiger partial charge in [0, 0.05) is 0 Å². The molecule has 6 nitrogen and oxygen atoms in total. The fourth-order valence-corrected chi connectivity index (χ4v) is 3.95. The smallest absolute Gasteiger partial charge is 0.313 e. The van der Waals surface area contributed by atoms with Crippen LogP contribution in [0.1, 0.15) is 16.5 Å². The number of carbonyl (C=O) groups is 1. The second-order valence-corrected chi connectivity index (χ2v) is 7.39. The van der Waals surface area contributed by atoms with Gasteiger partial charge in [-0.1, -0.05) is 36.4 Å². The van der Waals surface area contributed by atoms with E-state index in [1.807, 2.05) is 0 Å². The average molecular weight is 351 g/mol. The number of carbonyl (C=O) groups excluding carboxylic acids is 1. The van der Waals surface area contributed by atoms with Crippen molar-refractivity contribution in [3.05, 3.63) is 69.9 Å². The van der Waals surface area contributed by atoms with Crippen LogP contribution in [0.3, 0.4) is 0 Å². The molecule has 1 unspecified atom stereocenters. The molecule has 0 bridgehead atoms. The van der Waals surface area contributed by atoms with Gasteiger partial charge in [0.1, 0.15) is 5.75 Å². The topological polar surface area (TPSA) is 95.7 Å². The first-order valence-electron chi connectivity index (χ1n) is 6.66.